The minimum Gasteiger partial charge on any atom is -0.490 e. The molecule has 2 aromatic carbocycles. The maximum atomic E-state index is 12.5. The SMILES string of the molecule is C=CCOc1c(Br)cc(/C=C(/C#N)C(=O)Nc2cccc(C(=O)O)c2)cc1OCC. The van der Waals surface area contributed by atoms with Crippen LogP contribution < -0.4 is 14.8 Å². The number of amides is 1. The van der Waals surface area contributed by atoms with E-state index in [1.54, 1.807) is 18.2 Å². The highest BCUT2D eigenvalue weighted by Crippen LogP contribution is 2.37. The molecule has 0 fully saturated rings. The van der Waals surface area contributed by atoms with Crippen LogP contribution in [0.25, 0.3) is 6.08 Å². The summed E-state index contributed by atoms with van der Waals surface area (Å²) in [7, 11) is 0. The van der Waals surface area contributed by atoms with E-state index < -0.39 is 11.9 Å². The van der Waals surface area contributed by atoms with E-state index in [4.69, 9.17) is 14.6 Å². The minimum atomic E-state index is -1.12. The fourth-order valence-corrected chi connectivity index (χ4v) is 3.03. The molecule has 0 aliphatic heterocycles. The number of hydrogen-bond donors (Lipinski definition) is 2. The van der Waals surface area contributed by atoms with Gasteiger partial charge in [0.1, 0.15) is 18.2 Å². The maximum Gasteiger partial charge on any atom is 0.335 e. The summed E-state index contributed by atoms with van der Waals surface area (Å²) in [4.78, 5) is 23.6. The molecule has 154 valence electrons. The van der Waals surface area contributed by atoms with Crippen LogP contribution in [0.5, 0.6) is 11.5 Å². The first-order valence-corrected chi connectivity index (χ1v) is 9.65. The smallest absolute Gasteiger partial charge is 0.335 e. The van der Waals surface area contributed by atoms with Crippen molar-refractivity contribution < 1.29 is 24.2 Å². The second-order valence-electron chi connectivity index (χ2n) is 5.87. The van der Waals surface area contributed by atoms with Crippen LogP contribution in [0, 0.1) is 11.3 Å². The number of rotatable bonds is 9. The fourth-order valence-electron chi connectivity index (χ4n) is 2.46. The zero-order valence-corrected chi connectivity index (χ0v) is 17.7. The van der Waals surface area contributed by atoms with Crippen molar-refractivity contribution in [1.29, 1.82) is 5.26 Å². The van der Waals surface area contributed by atoms with Crippen molar-refractivity contribution in [2.24, 2.45) is 0 Å². The molecule has 0 aliphatic carbocycles. The number of ether oxygens (including phenoxy) is 2. The number of aromatic carboxylic acids is 1. The predicted octanol–water partition coefficient (Wildman–Crippen LogP) is 4.66. The second-order valence-corrected chi connectivity index (χ2v) is 6.73. The van der Waals surface area contributed by atoms with Crippen molar-refractivity contribution in [1.82, 2.24) is 0 Å². The number of nitrogens with one attached hydrogen (secondary N) is 1. The quantitative estimate of drug-likeness (QED) is 0.313. The number of carboxylic acids is 1. The van der Waals surface area contributed by atoms with E-state index >= 15 is 0 Å². The van der Waals surface area contributed by atoms with E-state index in [0.717, 1.165) is 0 Å². The lowest BCUT2D eigenvalue weighted by Gasteiger charge is -2.14. The Morgan fingerprint density at radius 2 is 2.07 bits per heavy atom. The zero-order valence-electron chi connectivity index (χ0n) is 16.1. The number of nitriles is 1. The molecule has 2 N–H and O–H groups in total. The van der Waals surface area contributed by atoms with Gasteiger partial charge in [0.25, 0.3) is 5.91 Å². The number of carbonyl (C=O) groups excluding carboxylic acids is 1. The van der Waals surface area contributed by atoms with Gasteiger partial charge in [0.05, 0.1) is 16.6 Å². The monoisotopic (exact) mass is 470 g/mol. The Balaban J connectivity index is 2.33. The summed E-state index contributed by atoms with van der Waals surface area (Å²) in [6.07, 6.45) is 3.01. The van der Waals surface area contributed by atoms with Crippen molar-refractivity contribution in [3.05, 3.63) is 70.2 Å². The maximum absolute atomic E-state index is 12.5. The molecular weight excluding hydrogens is 452 g/mol. The van der Waals surface area contributed by atoms with Gasteiger partial charge in [-0.25, -0.2) is 4.79 Å². The normalized spacial score (nSPS) is 10.6. The number of carboxylic acid groups (broad SMARTS) is 1. The van der Waals surface area contributed by atoms with Crippen LogP contribution in [0.2, 0.25) is 0 Å². The average molecular weight is 471 g/mol. The van der Waals surface area contributed by atoms with Gasteiger partial charge in [-0.05, 0) is 64.8 Å². The average Bonchev–Trinajstić information content (AvgIpc) is 2.71. The van der Waals surface area contributed by atoms with Crippen molar-refractivity contribution in [3.8, 4) is 17.6 Å². The summed E-state index contributed by atoms with van der Waals surface area (Å²) in [5, 5.41) is 21.0. The van der Waals surface area contributed by atoms with Crippen LogP contribution in [0.1, 0.15) is 22.8 Å². The predicted molar refractivity (Wildman–Crippen MR) is 117 cm³/mol. The van der Waals surface area contributed by atoms with Gasteiger partial charge in [-0.3, -0.25) is 4.79 Å². The first-order chi connectivity index (χ1) is 14.4. The second kappa shape index (κ2) is 10.8. The summed E-state index contributed by atoms with van der Waals surface area (Å²) in [6.45, 7) is 6.13. The zero-order chi connectivity index (χ0) is 22.1. The molecular formula is C22H19BrN2O5. The van der Waals surface area contributed by atoms with Gasteiger partial charge >= 0.3 is 5.97 Å². The van der Waals surface area contributed by atoms with Gasteiger partial charge in [-0.2, -0.15) is 5.26 Å². The van der Waals surface area contributed by atoms with E-state index in [-0.39, 0.29) is 23.4 Å². The van der Waals surface area contributed by atoms with Gasteiger partial charge in [-0.1, -0.05) is 18.7 Å². The standard InChI is InChI=1S/C22H19BrN2O5/c1-3-8-30-20-18(23)10-14(11-19(20)29-4-2)9-16(13-24)21(26)25-17-7-5-6-15(12-17)22(27)28/h3,5-7,9-12H,1,4,8H2,2H3,(H,25,26)(H,27,28)/b16-9-. The third-order valence-corrected chi connectivity index (χ3v) is 4.31. The largest absolute Gasteiger partial charge is 0.490 e. The molecule has 0 saturated carbocycles. The molecule has 0 saturated heterocycles. The van der Waals surface area contributed by atoms with Crippen LogP contribution in [0.15, 0.2) is 59.1 Å². The highest BCUT2D eigenvalue weighted by Gasteiger charge is 2.15. The molecule has 8 heteroatoms. The first kappa shape index (κ1) is 22.7. The van der Waals surface area contributed by atoms with Crippen molar-refractivity contribution in [2.45, 2.75) is 6.92 Å². The summed E-state index contributed by atoms with van der Waals surface area (Å²) < 4.78 is 11.8. The van der Waals surface area contributed by atoms with Crippen molar-refractivity contribution in [3.63, 3.8) is 0 Å². The number of hydrogen-bond acceptors (Lipinski definition) is 5. The highest BCUT2D eigenvalue weighted by molar-refractivity contribution is 9.10. The summed E-state index contributed by atoms with van der Waals surface area (Å²) in [6, 6.07) is 11.0. The van der Waals surface area contributed by atoms with E-state index in [1.807, 2.05) is 13.0 Å². The van der Waals surface area contributed by atoms with Crippen LogP contribution in [-0.4, -0.2) is 30.2 Å². The van der Waals surface area contributed by atoms with Gasteiger partial charge in [0.15, 0.2) is 11.5 Å². The van der Waals surface area contributed by atoms with Gasteiger partial charge in [0.2, 0.25) is 0 Å². The van der Waals surface area contributed by atoms with Gasteiger partial charge in [0, 0.05) is 5.69 Å². The number of halogens is 1. The number of carbonyl (C=O) groups is 2. The highest BCUT2D eigenvalue weighted by atomic mass is 79.9. The lowest BCUT2D eigenvalue weighted by atomic mass is 10.1. The van der Waals surface area contributed by atoms with Crippen LogP contribution in [0.4, 0.5) is 5.69 Å². The van der Waals surface area contributed by atoms with E-state index in [1.165, 1.54) is 30.3 Å². The number of benzene rings is 2. The van der Waals surface area contributed by atoms with Gasteiger partial charge < -0.3 is 19.9 Å². The lowest BCUT2D eigenvalue weighted by molar-refractivity contribution is -0.112. The molecule has 0 spiro atoms. The molecule has 0 aromatic heterocycles. The molecule has 1 amide bonds. The Kier molecular flexibility index (Phi) is 8.20. The molecule has 0 bridgehead atoms. The van der Waals surface area contributed by atoms with Gasteiger partial charge in [-0.15, -0.1) is 0 Å². The summed E-state index contributed by atoms with van der Waals surface area (Å²) >= 11 is 3.41. The summed E-state index contributed by atoms with van der Waals surface area (Å²) in [5.74, 6) is -0.843. The third-order valence-electron chi connectivity index (χ3n) is 3.72. The first-order valence-electron chi connectivity index (χ1n) is 8.86. The third kappa shape index (κ3) is 5.96. The van der Waals surface area contributed by atoms with E-state index in [2.05, 4.69) is 27.8 Å². The Hall–Kier alpha value is -3.57. The van der Waals surface area contributed by atoms with E-state index in [9.17, 15) is 14.9 Å². The molecule has 30 heavy (non-hydrogen) atoms. The van der Waals surface area contributed by atoms with Crippen LogP contribution >= 0.6 is 15.9 Å². The minimum absolute atomic E-state index is 0.0238. The Morgan fingerprint density at radius 3 is 2.70 bits per heavy atom. The van der Waals surface area contributed by atoms with Crippen molar-refractivity contribution >= 4 is 39.6 Å². The molecule has 2 aromatic rings. The topological polar surface area (TPSA) is 109 Å². The molecule has 0 radical (unpaired) electrons. The van der Waals surface area contributed by atoms with Crippen molar-refractivity contribution in [2.75, 3.05) is 18.5 Å². The Bertz CT molecular complexity index is 1040. The van der Waals surface area contributed by atoms with Crippen LogP contribution in [0.3, 0.4) is 0 Å². The number of nitrogens with zero attached hydrogens (tertiary/aromatic N) is 1. The molecule has 0 aliphatic rings. The number of anilines is 1. The van der Waals surface area contributed by atoms with E-state index in [0.29, 0.717) is 28.1 Å². The molecule has 0 atom stereocenters. The molecule has 7 nitrogen and oxygen atoms in total. The fraction of sp³-hybridized carbons (Fsp3) is 0.136. The Morgan fingerprint density at radius 1 is 1.30 bits per heavy atom. The molecule has 0 unspecified atom stereocenters. The summed E-state index contributed by atoms with van der Waals surface area (Å²) in [5.41, 5.74) is 0.674. The Labute approximate surface area is 182 Å². The molecule has 2 rings (SSSR count). The lowest BCUT2D eigenvalue weighted by Crippen LogP contribution is -2.14. The van der Waals surface area contributed by atoms with Crippen LogP contribution in [-0.2, 0) is 4.79 Å². The molecule has 0 heterocycles.